The first-order chi connectivity index (χ1) is 8.04. The fourth-order valence-corrected chi connectivity index (χ4v) is 1.19. The second-order valence-corrected chi connectivity index (χ2v) is 3.48. The molecule has 0 atom stereocenters. The van der Waals surface area contributed by atoms with Gasteiger partial charge < -0.3 is 10.1 Å². The van der Waals surface area contributed by atoms with Crippen LogP contribution in [-0.4, -0.2) is 24.7 Å². The van der Waals surface area contributed by atoms with Crippen LogP contribution in [0.15, 0.2) is 18.3 Å². The van der Waals surface area contributed by atoms with Crippen LogP contribution in [0.2, 0.25) is 0 Å². The fraction of sp³-hybridized carbons (Fsp3) is 0.545. The minimum atomic E-state index is -4.36. The summed E-state index contributed by atoms with van der Waals surface area (Å²) in [5.74, 6) is -0.00174. The number of nitrogens with zero attached hydrogens (tertiary/aromatic N) is 1. The van der Waals surface area contributed by atoms with Gasteiger partial charge in [-0.2, -0.15) is 13.2 Å². The Morgan fingerprint density at radius 2 is 2.12 bits per heavy atom. The Morgan fingerprint density at radius 3 is 2.76 bits per heavy atom. The van der Waals surface area contributed by atoms with E-state index in [0.717, 1.165) is 31.3 Å². The molecular weight excluding hydrogens is 233 g/mol. The smallest absolute Gasteiger partial charge is 0.416 e. The Kier molecular flexibility index (Phi) is 5.21. The van der Waals surface area contributed by atoms with Crippen LogP contribution in [0.25, 0.3) is 0 Å². The van der Waals surface area contributed by atoms with Crippen LogP contribution in [0, 0.1) is 0 Å². The number of hydrogen-bond acceptors (Lipinski definition) is 3. The van der Waals surface area contributed by atoms with Gasteiger partial charge in [0.05, 0.1) is 5.56 Å². The molecule has 6 heteroatoms. The number of nitrogens with one attached hydrogen (secondary N) is 1. The summed E-state index contributed by atoms with van der Waals surface area (Å²) < 4.78 is 42.2. The molecule has 3 nitrogen and oxygen atoms in total. The number of halogens is 3. The molecule has 0 aliphatic carbocycles. The molecule has 0 unspecified atom stereocenters. The second kappa shape index (κ2) is 6.44. The van der Waals surface area contributed by atoms with Crippen LogP contribution in [-0.2, 0) is 6.18 Å². The van der Waals surface area contributed by atoms with Gasteiger partial charge in [0.2, 0.25) is 5.88 Å². The van der Waals surface area contributed by atoms with Gasteiger partial charge in [0, 0.05) is 18.8 Å². The van der Waals surface area contributed by atoms with Crippen molar-refractivity contribution < 1.29 is 17.9 Å². The Hall–Kier alpha value is -1.30. The molecule has 0 saturated carbocycles. The molecule has 0 aliphatic rings. The van der Waals surface area contributed by atoms with E-state index in [-0.39, 0.29) is 5.88 Å². The van der Waals surface area contributed by atoms with Crippen molar-refractivity contribution in [1.82, 2.24) is 10.3 Å². The molecular formula is C11H15F3N2O. The van der Waals surface area contributed by atoms with Gasteiger partial charge in [-0.3, -0.25) is 0 Å². The number of hydrogen-bond donors (Lipinski definition) is 1. The maximum Gasteiger partial charge on any atom is 0.416 e. The average Bonchev–Trinajstić information content (AvgIpc) is 2.28. The van der Waals surface area contributed by atoms with Crippen molar-refractivity contribution in [1.29, 1.82) is 0 Å². The quantitative estimate of drug-likeness (QED) is 0.785. The summed E-state index contributed by atoms with van der Waals surface area (Å²) in [7, 11) is 0. The van der Waals surface area contributed by atoms with Gasteiger partial charge in [0.15, 0.2) is 0 Å². The van der Waals surface area contributed by atoms with E-state index >= 15 is 0 Å². The lowest BCUT2D eigenvalue weighted by Crippen LogP contribution is -2.21. The van der Waals surface area contributed by atoms with Crippen molar-refractivity contribution in [2.45, 2.75) is 19.5 Å². The highest BCUT2D eigenvalue weighted by Crippen LogP contribution is 2.30. The van der Waals surface area contributed by atoms with E-state index in [1.165, 1.54) is 0 Å². The lowest BCUT2D eigenvalue weighted by Gasteiger charge is -2.09. The van der Waals surface area contributed by atoms with Crippen LogP contribution in [0.4, 0.5) is 13.2 Å². The molecule has 0 aromatic carbocycles. The molecule has 1 aromatic rings. The summed E-state index contributed by atoms with van der Waals surface area (Å²) in [6, 6.07) is 1.82. The minimum absolute atomic E-state index is 0.00174. The van der Waals surface area contributed by atoms with E-state index in [9.17, 15) is 13.2 Å². The molecule has 0 spiro atoms. The van der Waals surface area contributed by atoms with Crippen LogP contribution in [0.3, 0.4) is 0 Å². The summed E-state index contributed by atoms with van der Waals surface area (Å²) in [6.45, 7) is 3.78. The fourth-order valence-electron chi connectivity index (χ4n) is 1.19. The highest BCUT2D eigenvalue weighted by atomic mass is 19.4. The van der Waals surface area contributed by atoms with E-state index in [0.29, 0.717) is 13.2 Å². The lowest BCUT2D eigenvalue weighted by atomic mass is 10.2. The molecule has 0 bridgehead atoms. The maximum absolute atomic E-state index is 12.4. The van der Waals surface area contributed by atoms with Crippen LogP contribution >= 0.6 is 0 Å². The summed E-state index contributed by atoms with van der Waals surface area (Å²) >= 11 is 0. The van der Waals surface area contributed by atoms with Crippen LogP contribution in [0.1, 0.15) is 18.9 Å². The first kappa shape index (κ1) is 13.8. The standard InChI is InChI=1S/C11H15F3N2O/c1-2-4-15-6-7-17-10-8-9(3-5-16-10)11(12,13)14/h3,5,8,15H,2,4,6-7H2,1H3. The van der Waals surface area contributed by atoms with E-state index in [1.54, 1.807) is 0 Å². The molecule has 0 fully saturated rings. The number of pyridine rings is 1. The monoisotopic (exact) mass is 248 g/mol. The molecule has 17 heavy (non-hydrogen) atoms. The Bertz CT molecular complexity index is 342. The van der Waals surface area contributed by atoms with E-state index < -0.39 is 11.7 Å². The molecule has 0 radical (unpaired) electrons. The molecule has 1 N–H and O–H groups in total. The van der Waals surface area contributed by atoms with Gasteiger partial charge in [-0.1, -0.05) is 6.92 Å². The van der Waals surface area contributed by atoms with E-state index in [4.69, 9.17) is 4.74 Å². The molecule has 1 rings (SSSR count). The van der Waals surface area contributed by atoms with Gasteiger partial charge in [0.25, 0.3) is 0 Å². The van der Waals surface area contributed by atoms with Crippen LogP contribution < -0.4 is 10.1 Å². The minimum Gasteiger partial charge on any atom is -0.476 e. The summed E-state index contributed by atoms with van der Waals surface area (Å²) in [4.78, 5) is 3.72. The highest BCUT2D eigenvalue weighted by Gasteiger charge is 2.30. The summed E-state index contributed by atoms with van der Waals surface area (Å²) in [5, 5.41) is 3.08. The maximum atomic E-state index is 12.4. The van der Waals surface area contributed by atoms with Crippen LogP contribution in [0.5, 0.6) is 5.88 Å². The van der Waals surface area contributed by atoms with Crippen molar-refractivity contribution in [2.75, 3.05) is 19.7 Å². The van der Waals surface area contributed by atoms with Crippen molar-refractivity contribution >= 4 is 0 Å². The Labute approximate surface area is 98.0 Å². The zero-order valence-electron chi connectivity index (χ0n) is 9.55. The summed E-state index contributed by atoms with van der Waals surface area (Å²) in [6.07, 6.45) is -2.26. The first-order valence-corrected chi connectivity index (χ1v) is 5.41. The van der Waals surface area contributed by atoms with Crippen molar-refractivity contribution in [3.63, 3.8) is 0 Å². The predicted molar refractivity (Wildman–Crippen MR) is 57.9 cm³/mol. The van der Waals surface area contributed by atoms with E-state index in [1.807, 2.05) is 6.92 Å². The molecule has 0 aliphatic heterocycles. The molecule has 1 heterocycles. The molecule has 0 amide bonds. The van der Waals surface area contributed by atoms with Crippen molar-refractivity contribution in [2.24, 2.45) is 0 Å². The van der Waals surface area contributed by atoms with Gasteiger partial charge >= 0.3 is 6.18 Å². The van der Waals surface area contributed by atoms with E-state index in [2.05, 4.69) is 10.3 Å². The first-order valence-electron chi connectivity index (χ1n) is 5.41. The predicted octanol–water partition coefficient (Wildman–Crippen LogP) is 2.48. The lowest BCUT2D eigenvalue weighted by molar-refractivity contribution is -0.137. The van der Waals surface area contributed by atoms with Crippen molar-refractivity contribution in [3.05, 3.63) is 23.9 Å². The zero-order valence-corrected chi connectivity index (χ0v) is 9.55. The largest absolute Gasteiger partial charge is 0.476 e. The number of rotatable bonds is 6. The second-order valence-electron chi connectivity index (χ2n) is 3.48. The van der Waals surface area contributed by atoms with Gasteiger partial charge in [-0.05, 0) is 19.0 Å². The zero-order chi connectivity index (χ0) is 12.7. The number of ether oxygens (including phenoxy) is 1. The number of aromatic nitrogens is 1. The summed E-state index contributed by atoms with van der Waals surface area (Å²) in [5.41, 5.74) is -0.746. The third-order valence-electron chi connectivity index (χ3n) is 2.02. The third-order valence-corrected chi connectivity index (χ3v) is 2.02. The topological polar surface area (TPSA) is 34.1 Å². The molecule has 0 saturated heterocycles. The normalized spacial score (nSPS) is 11.5. The SMILES string of the molecule is CCCNCCOc1cc(C(F)(F)F)ccn1. The average molecular weight is 248 g/mol. The number of alkyl halides is 3. The van der Waals surface area contributed by atoms with Gasteiger partial charge in [-0.15, -0.1) is 0 Å². The Balaban J connectivity index is 2.44. The van der Waals surface area contributed by atoms with Gasteiger partial charge in [-0.25, -0.2) is 4.98 Å². The molecule has 96 valence electrons. The Morgan fingerprint density at radius 1 is 1.35 bits per heavy atom. The van der Waals surface area contributed by atoms with Crippen molar-refractivity contribution in [3.8, 4) is 5.88 Å². The highest BCUT2D eigenvalue weighted by molar-refractivity contribution is 5.22. The molecule has 1 aromatic heterocycles. The third kappa shape index (κ3) is 5.04. The van der Waals surface area contributed by atoms with Gasteiger partial charge in [0.1, 0.15) is 6.61 Å².